The summed E-state index contributed by atoms with van der Waals surface area (Å²) in [6, 6.07) is 1.89. The Bertz CT molecular complexity index is 906. The summed E-state index contributed by atoms with van der Waals surface area (Å²) >= 11 is 0. The van der Waals surface area contributed by atoms with Gasteiger partial charge in [-0.15, -0.1) is 0 Å². The minimum absolute atomic E-state index is 0.479. The van der Waals surface area contributed by atoms with Crippen LogP contribution in [0.5, 0.6) is 0 Å². The number of nitrogens with zero attached hydrogens (tertiary/aromatic N) is 5. The average molecular weight is 295 g/mol. The van der Waals surface area contributed by atoms with E-state index in [1.807, 2.05) is 25.5 Å². The number of hydrogen-bond donors (Lipinski definition) is 2. The predicted octanol–water partition coefficient (Wildman–Crippen LogP) is 1.96. The van der Waals surface area contributed by atoms with Crippen LogP contribution in [0.4, 0.5) is 5.69 Å². The van der Waals surface area contributed by atoms with E-state index in [2.05, 4.69) is 30.6 Å². The Balaban J connectivity index is 1.70. The molecule has 0 amide bonds. The Morgan fingerprint density at radius 2 is 2.32 bits per heavy atom. The molecule has 4 rings (SSSR count). The molecule has 0 radical (unpaired) electrons. The monoisotopic (exact) mass is 295 g/mol. The molecule has 2 N–H and O–H groups in total. The van der Waals surface area contributed by atoms with Gasteiger partial charge >= 0.3 is 0 Å². The normalized spacial score (nSPS) is 11.1. The highest BCUT2D eigenvalue weighted by atomic mass is 16.3. The van der Waals surface area contributed by atoms with E-state index in [1.165, 1.54) is 6.26 Å². The van der Waals surface area contributed by atoms with Crippen LogP contribution in [0.2, 0.25) is 0 Å². The summed E-state index contributed by atoms with van der Waals surface area (Å²) in [5.74, 6) is 0.479. The number of H-pyrrole nitrogens is 1. The third-order valence-electron chi connectivity index (χ3n) is 3.30. The first-order valence-electron chi connectivity index (χ1n) is 6.75. The molecule has 110 valence electrons. The van der Waals surface area contributed by atoms with Gasteiger partial charge < -0.3 is 9.73 Å². The van der Waals surface area contributed by atoms with Gasteiger partial charge in [0.05, 0.1) is 24.3 Å². The molecule has 0 saturated heterocycles. The summed E-state index contributed by atoms with van der Waals surface area (Å²) in [6.45, 7) is 0.650. The summed E-state index contributed by atoms with van der Waals surface area (Å²) in [5.41, 5.74) is 4.24. The smallest absolute Gasteiger partial charge is 0.245 e. The maximum Gasteiger partial charge on any atom is 0.245 e. The number of oxazole rings is 1. The molecular weight excluding hydrogens is 282 g/mol. The maximum atomic E-state index is 5.32. The quantitative estimate of drug-likeness (QED) is 0.597. The van der Waals surface area contributed by atoms with Crippen LogP contribution in [0.3, 0.4) is 0 Å². The van der Waals surface area contributed by atoms with Crippen molar-refractivity contribution < 1.29 is 4.42 Å². The first-order valence-corrected chi connectivity index (χ1v) is 6.75. The van der Waals surface area contributed by atoms with Crippen molar-refractivity contribution in [2.75, 3.05) is 5.32 Å². The first kappa shape index (κ1) is 12.6. The largest absolute Gasteiger partial charge is 0.443 e. The van der Waals surface area contributed by atoms with E-state index in [-0.39, 0.29) is 0 Å². The van der Waals surface area contributed by atoms with Crippen molar-refractivity contribution in [3.05, 3.63) is 42.7 Å². The molecule has 0 aromatic carbocycles. The molecule has 0 aliphatic heterocycles. The van der Waals surface area contributed by atoms with Gasteiger partial charge in [-0.1, -0.05) is 0 Å². The lowest BCUT2D eigenvalue weighted by atomic mass is 10.2. The Labute approximate surface area is 125 Å². The molecule has 22 heavy (non-hydrogen) atoms. The molecule has 0 fully saturated rings. The number of nitrogens with one attached hydrogen (secondary N) is 2. The van der Waals surface area contributed by atoms with Gasteiger partial charge in [-0.2, -0.15) is 10.2 Å². The van der Waals surface area contributed by atoms with Crippen LogP contribution >= 0.6 is 0 Å². The van der Waals surface area contributed by atoms with Crippen molar-refractivity contribution in [3.8, 4) is 11.6 Å². The van der Waals surface area contributed by atoms with Gasteiger partial charge in [0.25, 0.3) is 0 Å². The number of aryl methyl sites for hydroxylation is 1. The lowest BCUT2D eigenvalue weighted by Gasteiger charge is -2.07. The van der Waals surface area contributed by atoms with Crippen LogP contribution in [0.15, 0.2) is 41.5 Å². The summed E-state index contributed by atoms with van der Waals surface area (Å²) in [6.07, 6.45) is 8.59. The zero-order valence-corrected chi connectivity index (χ0v) is 11.8. The van der Waals surface area contributed by atoms with Crippen molar-refractivity contribution in [3.63, 3.8) is 0 Å². The van der Waals surface area contributed by atoms with Gasteiger partial charge in [-0.05, 0) is 6.07 Å². The van der Waals surface area contributed by atoms with Crippen LogP contribution in [0, 0.1) is 0 Å². The predicted molar refractivity (Wildman–Crippen MR) is 79.9 cm³/mol. The lowest BCUT2D eigenvalue weighted by Crippen LogP contribution is -2.00. The van der Waals surface area contributed by atoms with E-state index in [9.17, 15) is 0 Å². The molecule has 4 heterocycles. The topological polar surface area (TPSA) is 97.5 Å². The molecular formula is C14H13N7O. The summed E-state index contributed by atoms with van der Waals surface area (Å²) < 4.78 is 7.09. The number of hydrogen-bond acceptors (Lipinski definition) is 6. The van der Waals surface area contributed by atoms with E-state index >= 15 is 0 Å². The van der Waals surface area contributed by atoms with Crippen molar-refractivity contribution in [2.24, 2.45) is 7.05 Å². The number of rotatable bonds is 4. The highest BCUT2D eigenvalue weighted by Crippen LogP contribution is 2.26. The fraction of sp³-hybridized carbons (Fsp3) is 0.143. The Hall–Kier alpha value is -3.16. The van der Waals surface area contributed by atoms with Gasteiger partial charge in [0, 0.05) is 25.4 Å². The zero-order chi connectivity index (χ0) is 14.9. The average Bonchev–Trinajstić information content (AvgIpc) is 3.25. The van der Waals surface area contributed by atoms with E-state index in [0.717, 1.165) is 22.3 Å². The molecule has 4 aromatic rings. The molecule has 8 heteroatoms. The molecule has 0 aliphatic carbocycles. The number of fused-ring (bicyclic) bond motifs is 1. The van der Waals surface area contributed by atoms with E-state index in [4.69, 9.17) is 4.42 Å². The molecule has 0 unspecified atom stereocenters. The van der Waals surface area contributed by atoms with Gasteiger partial charge in [-0.3, -0.25) is 9.78 Å². The van der Waals surface area contributed by atoms with Crippen LogP contribution in [0.1, 0.15) is 5.56 Å². The number of anilines is 1. The van der Waals surface area contributed by atoms with E-state index in [0.29, 0.717) is 18.1 Å². The van der Waals surface area contributed by atoms with Gasteiger partial charge in [0.1, 0.15) is 23.0 Å². The van der Waals surface area contributed by atoms with Crippen molar-refractivity contribution >= 4 is 16.7 Å². The highest BCUT2D eigenvalue weighted by Gasteiger charge is 2.12. The van der Waals surface area contributed by atoms with Gasteiger partial charge in [-0.25, -0.2) is 9.97 Å². The zero-order valence-electron chi connectivity index (χ0n) is 11.8. The van der Waals surface area contributed by atoms with Gasteiger partial charge in [0.15, 0.2) is 0 Å². The SMILES string of the molecule is Cn1cc(CNc2cc(-c3ncco3)nc3cn[nH]c23)cn1. The summed E-state index contributed by atoms with van der Waals surface area (Å²) in [4.78, 5) is 8.63. The third kappa shape index (κ3) is 2.20. The van der Waals surface area contributed by atoms with Crippen LogP contribution < -0.4 is 5.32 Å². The Morgan fingerprint density at radius 1 is 1.36 bits per heavy atom. The second-order valence-corrected chi connectivity index (χ2v) is 4.90. The first-order chi connectivity index (χ1) is 10.8. The minimum Gasteiger partial charge on any atom is -0.443 e. The Morgan fingerprint density at radius 3 is 3.09 bits per heavy atom. The van der Waals surface area contributed by atoms with E-state index in [1.54, 1.807) is 17.1 Å². The summed E-state index contributed by atoms with van der Waals surface area (Å²) in [7, 11) is 1.89. The van der Waals surface area contributed by atoms with Gasteiger partial charge in [0.2, 0.25) is 5.89 Å². The van der Waals surface area contributed by atoms with E-state index < -0.39 is 0 Å². The summed E-state index contributed by atoms with van der Waals surface area (Å²) in [5, 5.41) is 14.5. The van der Waals surface area contributed by atoms with Crippen molar-refractivity contribution in [2.45, 2.75) is 6.54 Å². The molecule has 0 bridgehead atoms. The number of aromatic amines is 1. The van der Waals surface area contributed by atoms with Crippen molar-refractivity contribution in [1.82, 2.24) is 29.9 Å². The number of pyridine rings is 1. The lowest BCUT2D eigenvalue weighted by molar-refractivity contribution is 0.572. The fourth-order valence-electron chi connectivity index (χ4n) is 2.29. The minimum atomic E-state index is 0.479. The molecule has 4 aromatic heterocycles. The Kier molecular flexibility index (Phi) is 2.85. The molecule has 0 aliphatic rings. The van der Waals surface area contributed by atoms with Crippen molar-refractivity contribution in [1.29, 1.82) is 0 Å². The molecule has 0 atom stereocenters. The standard InChI is InChI=1S/C14H13N7O/c1-21-8-9(6-18-21)5-16-10-4-11(14-15-2-3-22-14)19-12-7-17-20-13(10)12/h2-4,6-8H,5H2,1H3,(H,16,19)(H,17,20). The molecule has 0 spiro atoms. The molecule has 8 nitrogen and oxygen atoms in total. The fourth-order valence-corrected chi connectivity index (χ4v) is 2.29. The maximum absolute atomic E-state index is 5.32. The second kappa shape index (κ2) is 4.99. The van der Waals surface area contributed by atoms with Crippen LogP contribution in [0.25, 0.3) is 22.6 Å². The second-order valence-electron chi connectivity index (χ2n) is 4.90. The molecule has 0 saturated carbocycles. The van der Waals surface area contributed by atoms with Crippen LogP contribution in [-0.4, -0.2) is 29.9 Å². The highest BCUT2D eigenvalue weighted by molar-refractivity contribution is 5.89. The van der Waals surface area contributed by atoms with Crippen LogP contribution in [-0.2, 0) is 13.6 Å². The number of aromatic nitrogens is 6. The third-order valence-corrected chi connectivity index (χ3v) is 3.30.